The summed E-state index contributed by atoms with van der Waals surface area (Å²) in [5.41, 5.74) is 6.78. The molecule has 4 nitrogen and oxygen atoms in total. The van der Waals surface area contributed by atoms with Gasteiger partial charge in [-0.2, -0.15) is 18.3 Å². The van der Waals surface area contributed by atoms with E-state index in [0.29, 0.717) is 24.4 Å². The molecule has 4 aliphatic rings. The van der Waals surface area contributed by atoms with Gasteiger partial charge < -0.3 is 11.1 Å². The summed E-state index contributed by atoms with van der Waals surface area (Å²) < 4.78 is 41.7. The van der Waals surface area contributed by atoms with E-state index in [1.54, 1.807) is 4.68 Å². The molecule has 134 valence electrons. The van der Waals surface area contributed by atoms with Crippen molar-refractivity contribution in [3.8, 4) is 0 Å². The van der Waals surface area contributed by atoms with Crippen LogP contribution in [0, 0.1) is 11.3 Å². The Bertz CT molecular complexity index is 614. The molecule has 1 aromatic rings. The highest BCUT2D eigenvalue weighted by molar-refractivity contribution is 5.30. The molecule has 5 rings (SSSR count). The van der Waals surface area contributed by atoms with Crippen molar-refractivity contribution in [1.82, 2.24) is 15.1 Å². The van der Waals surface area contributed by atoms with Crippen molar-refractivity contribution in [3.63, 3.8) is 0 Å². The Kier molecular flexibility index (Phi) is 3.91. The van der Waals surface area contributed by atoms with E-state index >= 15 is 0 Å². The summed E-state index contributed by atoms with van der Waals surface area (Å²) in [6.45, 7) is 1.60. The first kappa shape index (κ1) is 16.4. The summed E-state index contributed by atoms with van der Waals surface area (Å²) in [6.07, 6.45) is 2.60. The van der Waals surface area contributed by atoms with Crippen LogP contribution in [0.15, 0.2) is 0 Å². The first-order valence-corrected chi connectivity index (χ1v) is 9.00. The lowest BCUT2D eigenvalue weighted by Gasteiger charge is -2.37. The van der Waals surface area contributed by atoms with Crippen molar-refractivity contribution < 1.29 is 13.2 Å². The molecule has 2 heterocycles. The summed E-state index contributed by atoms with van der Waals surface area (Å²) >= 11 is 0. The summed E-state index contributed by atoms with van der Waals surface area (Å²) in [7, 11) is 0. The molecule has 3 aliphatic carbocycles. The van der Waals surface area contributed by atoms with Crippen LogP contribution >= 0.6 is 0 Å². The average molecular weight is 342 g/mol. The van der Waals surface area contributed by atoms with E-state index < -0.39 is 11.9 Å². The smallest absolute Gasteiger partial charge is 0.327 e. The normalized spacial score (nSPS) is 33.3. The summed E-state index contributed by atoms with van der Waals surface area (Å²) in [6, 6.07) is 0.260. The molecule has 3 fully saturated rings. The molecular formula is C17H25F3N4. The number of nitrogens with one attached hydrogen (secondary N) is 1. The lowest BCUT2D eigenvalue weighted by Crippen LogP contribution is -2.33. The van der Waals surface area contributed by atoms with Crippen molar-refractivity contribution in [1.29, 1.82) is 0 Å². The Morgan fingerprint density at radius 1 is 1.21 bits per heavy atom. The summed E-state index contributed by atoms with van der Waals surface area (Å²) in [4.78, 5) is 0. The van der Waals surface area contributed by atoms with Crippen molar-refractivity contribution >= 4 is 0 Å². The molecule has 0 aromatic carbocycles. The van der Waals surface area contributed by atoms with Gasteiger partial charge in [0.2, 0.25) is 0 Å². The van der Waals surface area contributed by atoms with Crippen LogP contribution in [-0.2, 0) is 25.7 Å². The van der Waals surface area contributed by atoms with E-state index in [2.05, 4.69) is 10.4 Å². The molecule has 3 N–H and O–H groups in total. The molecule has 0 amide bonds. The minimum absolute atomic E-state index is 0.0815. The molecule has 0 radical (unpaired) electrons. The van der Waals surface area contributed by atoms with E-state index in [4.69, 9.17) is 5.73 Å². The van der Waals surface area contributed by atoms with Crippen LogP contribution in [0.4, 0.5) is 13.2 Å². The third-order valence-corrected chi connectivity index (χ3v) is 6.46. The van der Waals surface area contributed by atoms with E-state index in [0.717, 1.165) is 50.8 Å². The fraction of sp³-hybridized carbons (Fsp3) is 0.824. The largest absolute Gasteiger partial charge is 0.435 e. The predicted molar refractivity (Wildman–Crippen MR) is 84.2 cm³/mol. The molecule has 1 atom stereocenters. The highest BCUT2D eigenvalue weighted by Gasteiger charge is 2.44. The number of halogens is 3. The molecule has 24 heavy (non-hydrogen) atoms. The van der Waals surface area contributed by atoms with Crippen LogP contribution in [0.2, 0.25) is 0 Å². The number of aromatic nitrogens is 2. The molecule has 0 saturated heterocycles. The SMILES string of the molecule is N[C@@H]1CCC2(Cn3nc(C(F)(F)F)c4c3CCNC4)CCC1CC2. The number of nitrogens with zero attached hydrogens (tertiary/aromatic N) is 2. The number of hydrogen-bond donors (Lipinski definition) is 2. The number of rotatable bonds is 2. The van der Waals surface area contributed by atoms with Gasteiger partial charge in [0.15, 0.2) is 5.69 Å². The van der Waals surface area contributed by atoms with E-state index in [9.17, 15) is 13.2 Å². The molecular weight excluding hydrogens is 317 g/mol. The summed E-state index contributed by atoms with van der Waals surface area (Å²) in [5.74, 6) is 0.599. The van der Waals surface area contributed by atoms with Crippen molar-refractivity contribution in [2.45, 2.75) is 70.3 Å². The van der Waals surface area contributed by atoms with Gasteiger partial charge >= 0.3 is 6.18 Å². The number of alkyl halides is 3. The highest BCUT2D eigenvalue weighted by Crippen LogP contribution is 2.49. The number of fused-ring (bicyclic) bond motifs is 5. The van der Waals surface area contributed by atoms with Gasteiger partial charge in [-0.1, -0.05) is 0 Å². The van der Waals surface area contributed by atoms with Gasteiger partial charge in [0.1, 0.15) is 0 Å². The average Bonchev–Trinajstić information content (AvgIpc) is 2.76. The standard InChI is InChI=1S/C17H25F3N4/c18-17(19,20)15-12-9-22-8-4-14(12)24(23-15)10-16-5-1-11(2-6-16)13(21)3-7-16/h11,13,22H,1-10,21H2/t11?,13-,16?/m1/s1. The Hall–Kier alpha value is -1.08. The maximum atomic E-state index is 13.3. The fourth-order valence-electron chi connectivity index (χ4n) is 4.97. The lowest BCUT2D eigenvalue weighted by molar-refractivity contribution is -0.142. The second kappa shape index (κ2) is 5.73. The van der Waals surface area contributed by atoms with Crippen LogP contribution in [0.1, 0.15) is 55.5 Å². The molecule has 3 saturated carbocycles. The van der Waals surface area contributed by atoms with Crippen LogP contribution < -0.4 is 11.1 Å². The first-order chi connectivity index (χ1) is 11.4. The predicted octanol–water partition coefficient (Wildman–Crippen LogP) is 2.85. The Labute approximate surface area is 140 Å². The number of nitrogens with two attached hydrogens (primary N) is 1. The molecule has 7 heteroatoms. The topological polar surface area (TPSA) is 55.9 Å². The van der Waals surface area contributed by atoms with Crippen LogP contribution in [0.25, 0.3) is 0 Å². The highest BCUT2D eigenvalue weighted by atomic mass is 19.4. The maximum absolute atomic E-state index is 13.3. The van der Waals surface area contributed by atoms with Crippen molar-refractivity contribution in [2.75, 3.05) is 6.54 Å². The van der Waals surface area contributed by atoms with Gasteiger partial charge in [0.05, 0.1) is 0 Å². The minimum Gasteiger partial charge on any atom is -0.327 e. The zero-order valence-corrected chi connectivity index (χ0v) is 13.8. The molecule has 1 aliphatic heterocycles. The van der Waals surface area contributed by atoms with Crippen LogP contribution in [0.3, 0.4) is 0 Å². The van der Waals surface area contributed by atoms with Gasteiger partial charge in [-0.05, 0) is 49.9 Å². The first-order valence-electron chi connectivity index (χ1n) is 9.00. The van der Waals surface area contributed by atoms with Crippen LogP contribution in [-0.4, -0.2) is 22.4 Å². The zero-order valence-electron chi connectivity index (χ0n) is 13.8. The third-order valence-electron chi connectivity index (χ3n) is 6.46. The maximum Gasteiger partial charge on any atom is 0.435 e. The van der Waals surface area contributed by atoms with Gasteiger partial charge in [0.25, 0.3) is 0 Å². The fourth-order valence-corrected chi connectivity index (χ4v) is 4.97. The molecule has 0 unspecified atom stereocenters. The Morgan fingerprint density at radius 2 is 1.92 bits per heavy atom. The van der Waals surface area contributed by atoms with Gasteiger partial charge in [-0.25, -0.2) is 0 Å². The van der Waals surface area contributed by atoms with Gasteiger partial charge in [-0.3, -0.25) is 4.68 Å². The van der Waals surface area contributed by atoms with Crippen molar-refractivity contribution in [2.24, 2.45) is 17.1 Å². The Morgan fingerprint density at radius 3 is 2.62 bits per heavy atom. The van der Waals surface area contributed by atoms with Gasteiger partial charge in [0, 0.05) is 43.4 Å². The molecule has 1 aromatic heterocycles. The second-order valence-electron chi connectivity index (χ2n) is 7.90. The lowest BCUT2D eigenvalue weighted by atomic mass is 9.71. The minimum atomic E-state index is -4.38. The van der Waals surface area contributed by atoms with Crippen molar-refractivity contribution in [3.05, 3.63) is 17.0 Å². The Balaban J connectivity index is 1.66. The molecule has 0 spiro atoms. The zero-order chi connectivity index (χ0) is 16.9. The quantitative estimate of drug-likeness (QED) is 0.869. The monoisotopic (exact) mass is 342 g/mol. The second-order valence-corrected chi connectivity index (χ2v) is 7.90. The van der Waals surface area contributed by atoms with E-state index in [1.807, 2.05) is 0 Å². The van der Waals surface area contributed by atoms with E-state index in [-0.39, 0.29) is 18.0 Å². The number of hydrogen-bond acceptors (Lipinski definition) is 3. The van der Waals surface area contributed by atoms with Gasteiger partial charge in [-0.15, -0.1) is 0 Å². The van der Waals surface area contributed by atoms with Crippen LogP contribution in [0.5, 0.6) is 0 Å². The third kappa shape index (κ3) is 2.75. The van der Waals surface area contributed by atoms with E-state index in [1.165, 1.54) is 0 Å². The molecule has 2 bridgehead atoms. The summed E-state index contributed by atoms with van der Waals surface area (Å²) in [5, 5.41) is 7.09.